The number of aryl methyl sites for hydroxylation is 1. The molecule has 0 aromatic heterocycles. The molecule has 0 radical (unpaired) electrons. The average molecular weight is 257 g/mol. The Morgan fingerprint density at radius 3 is 2.59 bits per heavy atom. The van der Waals surface area contributed by atoms with Gasteiger partial charge in [-0.25, -0.2) is 13.2 Å². The zero-order valence-corrected chi connectivity index (χ0v) is 10.5. The van der Waals surface area contributed by atoms with Crippen molar-refractivity contribution in [3.63, 3.8) is 0 Å². The molecule has 0 saturated carbocycles. The van der Waals surface area contributed by atoms with E-state index < -0.39 is 16.0 Å². The molecule has 0 spiro atoms. The van der Waals surface area contributed by atoms with Crippen molar-refractivity contribution < 1.29 is 18.3 Å². The smallest absolute Gasteiger partial charge is 0.336 e. The number of carboxylic acids is 1. The van der Waals surface area contributed by atoms with Crippen molar-refractivity contribution in [1.29, 1.82) is 0 Å². The first-order valence-electron chi connectivity index (χ1n) is 5.20. The van der Waals surface area contributed by atoms with Crippen LogP contribution in [0, 0.1) is 6.92 Å². The molecule has 2 N–H and O–H groups in total. The lowest BCUT2D eigenvalue weighted by Gasteiger charge is -2.08. The van der Waals surface area contributed by atoms with Gasteiger partial charge in [-0.05, 0) is 31.0 Å². The molecule has 0 amide bonds. The number of aromatic carboxylic acids is 1. The number of benzene rings is 1. The summed E-state index contributed by atoms with van der Waals surface area (Å²) in [4.78, 5) is 10.9. The Balaban J connectivity index is 3.02. The predicted octanol–water partition coefficient (Wildman–Crippen LogP) is 1.84. The first-order chi connectivity index (χ1) is 7.85. The van der Waals surface area contributed by atoms with Gasteiger partial charge in [0.25, 0.3) is 0 Å². The highest BCUT2D eigenvalue weighted by atomic mass is 32.2. The molecule has 0 fully saturated rings. The monoisotopic (exact) mass is 257 g/mol. The van der Waals surface area contributed by atoms with Crippen molar-refractivity contribution in [2.45, 2.75) is 20.3 Å². The van der Waals surface area contributed by atoms with Crippen LogP contribution in [0.2, 0.25) is 0 Å². The van der Waals surface area contributed by atoms with Gasteiger partial charge in [0.1, 0.15) is 0 Å². The molecule has 0 unspecified atom stereocenters. The number of hydrogen-bond donors (Lipinski definition) is 2. The zero-order valence-electron chi connectivity index (χ0n) is 9.73. The van der Waals surface area contributed by atoms with Gasteiger partial charge in [0.05, 0.1) is 11.3 Å². The van der Waals surface area contributed by atoms with Gasteiger partial charge in [-0.15, -0.1) is 0 Å². The molecule has 6 heteroatoms. The maximum atomic E-state index is 11.5. The Morgan fingerprint density at radius 2 is 2.06 bits per heavy atom. The van der Waals surface area contributed by atoms with E-state index in [0.29, 0.717) is 12.0 Å². The molecular weight excluding hydrogens is 242 g/mol. The zero-order chi connectivity index (χ0) is 13.1. The number of carbonyl (C=O) groups is 1. The summed E-state index contributed by atoms with van der Waals surface area (Å²) in [6, 6.07) is 4.45. The second-order valence-corrected chi connectivity index (χ2v) is 5.60. The van der Waals surface area contributed by atoms with E-state index in [-0.39, 0.29) is 17.0 Å². The molecule has 0 aliphatic carbocycles. The summed E-state index contributed by atoms with van der Waals surface area (Å²) >= 11 is 0. The highest BCUT2D eigenvalue weighted by Gasteiger charge is 2.12. The molecule has 17 heavy (non-hydrogen) atoms. The third kappa shape index (κ3) is 3.74. The fourth-order valence-corrected chi connectivity index (χ4v) is 2.54. The summed E-state index contributed by atoms with van der Waals surface area (Å²) < 4.78 is 25.4. The molecule has 0 aliphatic rings. The van der Waals surface area contributed by atoms with Crippen LogP contribution in [0.25, 0.3) is 0 Å². The summed E-state index contributed by atoms with van der Waals surface area (Å²) in [6.07, 6.45) is 0.507. The molecule has 5 nitrogen and oxygen atoms in total. The lowest BCUT2D eigenvalue weighted by Crippen LogP contribution is -2.16. The van der Waals surface area contributed by atoms with Crippen LogP contribution < -0.4 is 4.72 Å². The van der Waals surface area contributed by atoms with Gasteiger partial charge in [0.15, 0.2) is 0 Å². The average Bonchev–Trinajstić information content (AvgIpc) is 2.20. The number of anilines is 1. The van der Waals surface area contributed by atoms with E-state index >= 15 is 0 Å². The fraction of sp³-hybridized carbons (Fsp3) is 0.364. The van der Waals surface area contributed by atoms with Crippen LogP contribution in [0.5, 0.6) is 0 Å². The highest BCUT2D eigenvalue weighted by Crippen LogP contribution is 2.16. The highest BCUT2D eigenvalue weighted by molar-refractivity contribution is 7.92. The molecule has 0 heterocycles. The number of nitrogens with one attached hydrogen (secondary N) is 1. The van der Waals surface area contributed by atoms with Crippen molar-refractivity contribution in [3.05, 3.63) is 29.3 Å². The van der Waals surface area contributed by atoms with E-state index in [1.165, 1.54) is 6.07 Å². The first-order valence-corrected chi connectivity index (χ1v) is 6.85. The molecule has 94 valence electrons. The number of hydrogen-bond acceptors (Lipinski definition) is 3. The molecule has 0 aliphatic heterocycles. The molecule has 1 rings (SSSR count). The minimum Gasteiger partial charge on any atom is -0.478 e. The van der Waals surface area contributed by atoms with E-state index in [1.807, 2.05) is 0 Å². The Bertz CT molecular complexity index is 522. The van der Waals surface area contributed by atoms with Crippen LogP contribution >= 0.6 is 0 Å². The van der Waals surface area contributed by atoms with Gasteiger partial charge in [-0.3, -0.25) is 4.72 Å². The minimum absolute atomic E-state index is 0.0171. The maximum Gasteiger partial charge on any atom is 0.336 e. The van der Waals surface area contributed by atoms with Gasteiger partial charge in [-0.2, -0.15) is 0 Å². The quantitative estimate of drug-likeness (QED) is 0.843. The van der Waals surface area contributed by atoms with Crippen molar-refractivity contribution in [3.8, 4) is 0 Å². The second kappa shape index (κ2) is 5.18. The summed E-state index contributed by atoms with van der Waals surface area (Å²) in [5, 5.41) is 8.91. The lowest BCUT2D eigenvalue weighted by molar-refractivity contribution is 0.0696. The summed E-state index contributed by atoms with van der Waals surface area (Å²) in [5.74, 6) is -1.05. The van der Waals surface area contributed by atoms with Crippen molar-refractivity contribution >= 4 is 21.7 Å². The maximum absolute atomic E-state index is 11.5. The fourth-order valence-electron chi connectivity index (χ4n) is 1.42. The molecule has 0 bridgehead atoms. The van der Waals surface area contributed by atoms with Gasteiger partial charge in [-0.1, -0.05) is 13.0 Å². The predicted molar refractivity (Wildman–Crippen MR) is 65.8 cm³/mol. The minimum atomic E-state index is -3.38. The lowest BCUT2D eigenvalue weighted by atomic mass is 10.1. The normalized spacial score (nSPS) is 11.2. The van der Waals surface area contributed by atoms with Crippen LogP contribution in [0.1, 0.15) is 29.3 Å². The third-order valence-corrected chi connectivity index (χ3v) is 3.71. The summed E-state index contributed by atoms with van der Waals surface area (Å²) in [6.45, 7) is 3.42. The Kier molecular flexibility index (Phi) is 4.11. The standard InChI is InChI=1S/C11H15NO4S/c1-3-6-17(15,16)12-9-5-4-8(2)10(7-9)11(13)14/h4-5,7,12H,3,6H2,1-2H3,(H,13,14). The third-order valence-electron chi connectivity index (χ3n) is 2.21. The van der Waals surface area contributed by atoms with Gasteiger partial charge >= 0.3 is 5.97 Å². The van der Waals surface area contributed by atoms with Crippen LogP contribution in [0.4, 0.5) is 5.69 Å². The first kappa shape index (κ1) is 13.5. The van der Waals surface area contributed by atoms with Crippen LogP contribution in [-0.2, 0) is 10.0 Å². The molecule has 0 saturated heterocycles. The van der Waals surface area contributed by atoms with E-state index in [1.54, 1.807) is 26.0 Å². The molecule has 1 aromatic rings. The van der Waals surface area contributed by atoms with Crippen molar-refractivity contribution in [2.24, 2.45) is 0 Å². The van der Waals surface area contributed by atoms with Gasteiger partial charge < -0.3 is 5.11 Å². The van der Waals surface area contributed by atoms with Crippen LogP contribution in [0.3, 0.4) is 0 Å². The van der Waals surface area contributed by atoms with E-state index in [4.69, 9.17) is 5.11 Å². The molecular formula is C11H15NO4S. The number of sulfonamides is 1. The summed E-state index contributed by atoms with van der Waals surface area (Å²) in [5.41, 5.74) is 0.971. The van der Waals surface area contributed by atoms with Crippen LogP contribution in [0.15, 0.2) is 18.2 Å². The topological polar surface area (TPSA) is 83.5 Å². The van der Waals surface area contributed by atoms with Crippen LogP contribution in [-0.4, -0.2) is 25.2 Å². The Labute approximate surface area is 101 Å². The largest absolute Gasteiger partial charge is 0.478 e. The Morgan fingerprint density at radius 1 is 1.41 bits per heavy atom. The SMILES string of the molecule is CCCS(=O)(=O)Nc1ccc(C)c(C(=O)O)c1. The second-order valence-electron chi connectivity index (χ2n) is 3.76. The number of rotatable bonds is 5. The van der Waals surface area contributed by atoms with E-state index in [0.717, 1.165) is 0 Å². The van der Waals surface area contributed by atoms with Crippen molar-refractivity contribution in [1.82, 2.24) is 0 Å². The number of carboxylic acid groups (broad SMARTS) is 1. The van der Waals surface area contributed by atoms with Gasteiger partial charge in [0, 0.05) is 5.69 Å². The van der Waals surface area contributed by atoms with Gasteiger partial charge in [0.2, 0.25) is 10.0 Å². The Hall–Kier alpha value is -1.56. The van der Waals surface area contributed by atoms with E-state index in [9.17, 15) is 13.2 Å². The van der Waals surface area contributed by atoms with Crippen molar-refractivity contribution in [2.75, 3.05) is 10.5 Å². The van der Waals surface area contributed by atoms with E-state index in [2.05, 4.69) is 4.72 Å². The molecule has 0 atom stereocenters. The summed E-state index contributed by atoms with van der Waals surface area (Å²) in [7, 11) is -3.38. The molecule has 1 aromatic carbocycles.